The number of nitrogens with two attached hydrogens (primary N) is 1. The summed E-state index contributed by atoms with van der Waals surface area (Å²) >= 11 is 0. The third-order valence-electron chi connectivity index (χ3n) is 3.50. The van der Waals surface area contributed by atoms with Gasteiger partial charge in [-0.25, -0.2) is 4.98 Å². The highest BCUT2D eigenvalue weighted by molar-refractivity contribution is 5.59. The van der Waals surface area contributed by atoms with Gasteiger partial charge >= 0.3 is 0 Å². The molecule has 0 saturated carbocycles. The van der Waals surface area contributed by atoms with Gasteiger partial charge in [0, 0.05) is 25.0 Å². The molecule has 4 nitrogen and oxygen atoms in total. The summed E-state index contributed by atoms with van der Waals surface area (Å²) in [6.07, 6.45) is 7.95. The number of piperidine rings is 1. The molecule has 0 aromatic carbocycles. The molecule has 90 valence electrons. The van der Waals surface area contributed by atoms with Crippen LogP contribution in [0.25, 0.3) is 5.52 Å². The molecule has 0 radical (unpaired) electrons. The fourth-order valence-corrected chi connectivity index (χ4v) is 2.54. The lowest BCUT2D eigenvalue weighted by Gasteiger charge is -2.28. The SMILES string of the molecule is NCc1ncc2cc(N3CCCCC3)ccn12. The topological polar surface area (TPSA) is 46.6 Å². The third-order valence-corrected chi connectivity index (χ3v) is 3.50. The smallest absolute Gasteiger partial charge is 0.127 e. The minimum atomic E-state index is 0.483. The lowest BCUT2D eigenvalue weighted by atomic mass is 10.1. The Hall–Kier alpha value is -1.55. The molecule has 0 aliphatic carbocycles. The molecule has 1 aliphatic rings. The minimum absolute atomic E-state index is 0.483. The Morgan fingerprint density at radius 1 is 1.24 bits per heavy atom. The van der Waals surface area contributed by atoms with E-state index < -0.39 is 0 Å². The molecular formula is C13H18N4. The van der Waals surface area contributed by atoms with E-state index in [0.29, 0.717) is 6.54 Å². The summed E-state index contributed by atoms with van der Waals surface area (Å²) in [5.41, 5.74) is 8.09. The molecule has 2 aromatic rings. The van der Waals surface area contributed by atoms with E-state index in [9.17, 15) is 0 Å². The van der Waals surface area contributed by atoms with Gasteiger partial charge in [0.15, 0.2) is 0 Å². The summed E-state index contributed by atoms with van der Waals surface area (Å²) < 4.78 is 2.06. The number of rotatable bonds is 2. The standard InChI is InChI=1S/C13H18N4/c14-9-13-15-10-12-8-11(4-7-17(12)13)16-5-2-1-3-6-16/h4,7-8,10H,1-3,5-6,9,14H2. The van der Waals surface area contributed by atoms with Gasteiger partial charge in [-0.05, 0) is 31.4 Å². The number of nitrogens with zero attached hydrogens (tertiary/aromatic N) is 3. The fraction of sp³-hybridized carbons (Fsp3) is 0.462. The van der Waals surface area contributed by atoms with Crippen LogP contribution in [-0.4, -0.2) is 22.5 Å². The van der Waals surface area contributed by atoms with Gasteiger partial charge in [0.25, 0.3) is 0 Å². The van der Waals surface area contributed by atoms with Crippen LogP contribution in [0.15, 0.2) is 24.5 Å². The molecule has 2 N–H and O–H groups in total. The van der Waals surface area contributed by atoms with Crippen molar-refractivity contribution in [2.24, 2.45) is 5.73 Å². The summed E-state index contributed by atoms with van der Waals surface area (Å²) in [5, 5.41) is 0. The first-order valence-corrected chi connectivity index (χ1v) is 6.29. The predicted molar refractivity (Wildman–Crippen MR) is 69.1 cm³/mol. The predicted octanol–water partition coefficient (Wildman–Crippen LogP) is 1.78. The molecule has 3 heterocycles. The summed E-state index contributed by atoms with van der Waals surface area (Å²) in [4.78, 5) is 6.78. The first kappa shape index (κ1) is 10.6. The number of aromatic nitrogens is 2. The van der Waals surface area contributed by atoms with Crippen molar-refractivity contribution in [1.29, 1.82) is 0 Å². The molecule has 1 fully saturated rings. The highest BCUT2D eigenvalue weighted by atomic mass is 15.1. The van der Waals surface area contributed by atoms with Gasteiger partial charge in [-0.15, -0.1) is 0 Å². The molecule has 0 unspecified atom stereocenters. The van der Waals surface area contributed by atoms with Crippen molar-refractivity contribution < 1.29 is 0 Å². The van der Waals surface area contributed by atoms with Gasteiger partial charge < -0.3 is 15.0 Å². The maximum atomic E-state index is 5.65. The Labute approximate surface area is 101 Å². The molecule has 0 amide bonds. The van der Waals surface area contributed by atoms with Crippen LogP contribution in [0.1, 0.15) is 25.1 Å². The van der Waals surface area contributed by atoms with E-state index >= 15 is 0 Å². The van der Waals surface area contributed by atoms with Gasteiger partial charge in [-0.3, -0.25) is 0 Å². The first-order valence-electron chi connectivity index (χ1n) is 6.29. The summed E-state index contributed by atoms with van der Waals surface area (Å²) in [5.74, 6) is 0.921. The summed E-state index contributed by atoms with van der Waals surface area (Å²) in [7, 11) is 0. The maximum absolute atomic E-state index is 5.65. The summed E-state index contributed by atoms with van der Waals surface area (Å²) in [6.45, 7) is 2.83. The molecule has 0 atom stereocenters. The van der Waals surface area contributed by atoms with Crippen molar-refractivity contribution in [3.8, 4) is 0 Å². The van der Waals surface area contributed by atoms with Crippen LogP contribution in [0.3, 0.4) is 0 Å². The van der Waals surface area contributed by atoms with Gasteiger partial charge in [0.1, 0.15) is 5.82 Å². The van der Waals surface area contributed by atoms with Crippen molar-refractivity contribution >= 4 is 11.2 Å². The molecule has 1 saturated heterocycles. The van der Waals surface area contributed by atoms with E-state index in [2.05, 4.69) is 32.6 Å². The van der Waals surface area contributed by atoms with E-state index in [0.717, 1.165) is 11.3 Å². The highest BCUT2D eigenvalue weighted by Crippen LogP contribution is 2.21. The van der Waals surface area contributed by atoms with Crippen molar-refractivity contribution in [3.63, 3.8) is 0 Å². The van der Waals surface area contributed by atoms with E-state index in [1.54, 1.807) is 0 Å². The second kappa shape index (κ2) is 4.37. The monoisotopic (exact) mass is 230 g/mol. The van der Waals surface area contributed by atoms with E-state index in [4.69, 9.17) is 5.73 Å². The second-order valence-corrected chi connectivity index (χ2v) is 4.61. The zero-order chi connectivity index (χ0) is 11.7. The molecule has 0 bridgehead atoms. The van der Waals surface area contributed by atoms with Crippen molar-refractivity contribution in [3.05, 3.63) is 30.4 Å². The van der Waals surface area contributed by atoms with Crippen LogP contribution in [0, 0.1) is 0 Å². The molecule has 1 aliphatic heterocycles. The Bertz CT molecular complexity index is 511. The number of anilines is 1. The van der Waals surface area contributed by atoms with Gasteiger partial charge in [0.2, 0.25) is 0 Å². The van der Waals surface area contributed by atoms with Crippen molar-refractivity contribution in [1.82, 2.24) is 9.38 Å². The van der Waals surface area contributed by atoms with Crippen LogP contribution < -0.4 is 10.6 Å². The minimum Gasteiger partial charge on any atom is -0.371 e. The molecule has 2 aromatic heterocycles. The number of fused-ring (bicyclic) bond motifs is 1. The van der Waals surface area contributed by atoms with Crippen LogP contribution in [-0.2, 0) is 6.54 Å². The zero-order valence-electron chi connectivity index (χ0n) is 9.97. The molecule has 0 spiro atoms. The Morgan fingerprint density at radius 2 is 2.06 bits per heavy atom. The molecule has 4 heteroatoms. The largest absolute Gasteiger partial charge is 0.371 e. The molecular weight excluding hydrogens is 212 g/mol. The molecule has 17 heavy (non-hydrogen) atoms. The van der Waals surface area contributed by atoms with Crippen LogP contribution in [0.2, 0.25) is 0 Å². The van der Waals surface area contributed by atoms with Gasteiger partial charge in [0.05, 0.1) is 18.3 Å². The molecule has 3 rings (SSSR count). The number of imidazole rings is 1. The van der Waals surface area contributed by atoms with E-state index in [1.165, 1.54) is 38.0 Å². The zero-order valence-corrected chi connectivity index (χ0v) is 9.97. The Balaban J connectivity index is 1.95. The first-order chi connectivity index (χ1) is 8.38. The third kappa shape index (κ3) is 1.89. The van der Waals surface area contributed by atoms with Crippen LogP contribution in [0.5, 0.6) is 0 Å². The highest BCUT2D eigenvalue weighted by Gasteiger charge is 2.11. The van der Waals surface area contributed by atoms with Gasteiger partial charge in [-0.1, -0.05) is 0 Å². The lowest BCUT2D eigenvalue weighted by Crippen LogP contribution is -2.29. The fourth-order valence-electron chi connectivity index (χ4n) is 2.54. The number of hydrogen-bond donors (Lipinski definition) is 1. The van der Waals surface area contributed by atoms with Crippen molar-refractivity contribution in [2.45, 2.75) is 25.8 Å². The van der Waals surface area contributed by atoms with Crippen molar-refractivity contribution in [2.75, 3.05) is 18.0 Å². The Kier molecular flexibility index (Phi) is 2.73. The van der Waals surface area contributed by atoms with E-state index in [1.807, 2.05) is 6.20 Å². The number of hydrogen-bond acceptors (Lipinski definition) is 3. The Morgan fingerprint density at radius 3 is 2.82 bits per heavy atom. The number of pyridine rings is 1. The quantitative estimate of drug-likeness (QED) is 0.855. The van der Waals surface area contributed by atoms with Crippen LogP contribution >= 0.6 is 0 Å². The maximum Gasteiger partial charge on any atom is 0.127 e. The second-order valence-electron chi connectivity index (χ2n) is 4.61. The van der Waals surface area contributed by atoms with Gasteiger partial charge in [-0.2, -0.15) is 0 Å². The lowest BCUT2D eigenvalue weighted by molar-refractivity contribution is 0.578. The normalized spacial score (nSPS) is 16.6. The summed E-state index contributed by atoms with van der Waals surface area (Å²) in [6, 6.07) is 4.37. The van der Waals surface area contributed by atoms with Crippen LogP contribution in [0.4, 0.5) is 5.69 Å². The van der Waals surface area contributed by atoms with E-state index in [-0.39, 0.29) is 0 Å². The average molecular weight is 230 g/mol. The average Bonchev–Trinajstić information content (AvgIpc) is 2.81.